The molecule has 3 aromatic rings. The molecule has 0 spiro atoms. The SMILES string of the molecule is CC(=O)OC1(C)CN(S(=O)(=O)c2ccc3c(C(=O)NC[C@@H](O)CN4CCC(Oc5ccc(Cl)c(Cl)c5)CC4)c[nH]c(=O)c3c2)C1. The topological polar surface area (TPSA) is 158 Å². The molecule has 2 saturated heterocycles. The molecular formula is C30H34Cl2N4O8S. The molecule has 3 N–H and O–H groups in total. The zero-order valence-electron chi connectivity index (χ0n) is 24.7. The number of ether oxygens (including phenoxy) is 2. The quantitative estimate of drug-likeness (QED) is 0.274. The minimum absolute atomic E-state index is 0.00575. The highest BCUT2D eigenvalue weighted by Crippen LogP contribution is 2.32. The number of rotatable bonds is 10. The number of likely N-dealkylation sites (tertiary alicyclic amines) is 1. The highest BCUT2D eigenvalue weighted by molar-refractivity contribution is 7.89. The first-order valence-electron chi connectivity index (χ1n) is 14.4. The third-order valence-electron chi connectivity index (χ3n) is 7.86. The van der Waals surface area contributed by atoms with Gasteiger partial charge in [0.05, 0.1) is 39.7 Å². The monoisotopic (exact) mass is 680 g/mol. The molecule has 2 aliphatic rings. The minimum Gasteiger partial charge on any atom is -0.490 e. The number of sulfonamides is 1. The molecule has 1 atom stereocenters. The first kappa shape index (κ1) is 33.2. The second kappa shape index (κ2) is 13.3. The van der Waals surface area contributed by atoms with Crippen LogP contribution in [0.15, 0.2) is 52.3 Å². The lowest BCUT2D eigenvalue weighted by Crippen LogP contribution is -2.63. The third-order valence-corrected chi connectivity index (χ3v) is 10.4. The fraction of sp³-hybridized carbons (Fsp3) is 0.433. The standard InChI is InChI=1S/C30H34Cl2N4O8S/c1-18(37)44-30(2)16-36(17-30)45(41,42)22-4-5-23-24(12-22)28(39)34-14-25(23)29(40)33-13-19(38)15-35-9-7-20(8-10-35)43-21-3-6-26(31)27(32)11-21/h3-6,11-12,14,19-20,38H,7-10,13,15-17H2,1-2H3,(H,33,40)(H,34,39)/t19-/m1/s1. The van der Waals surface area contributed by atoms with Gasteiger partial charge in [0.1, 0.15) is 17.5 Å². The van der Waals surface area contributed by atoms with Crippen molar-refractivity contribution in [3.8, 4) is 5.75 Å². The lowest BCUT2D eigenvalue weighted by Gasteiger charge is -2.45. The van der Waals surface area contributed by atoms with Crippen LogP contribution in [0, 0.1) is 0 Å². The fourth-order valence-corrected chi connectivity index (χ4v) is 7.62. The van der Waals surface area contributed by atoms with Crippen molar-refractivity contribution >= 4 is 55.9 Å². The smallest absolute Gasteiger partial charge is 0.303 e. The Labute approximate surface area is 270 Å². The van der Waals surface area contributed by atoms with Gasteiger partial charge in [0, 0.05) is 56.1 Å². The number of piperidine rings is 1. The number of fused-ring (bicyclic) bond motifs is 1. The van der Waals surface area contributed by atoms with Gasteiger partial charge < -0.3 is 29.8 Å². The van der Waals surface area contributed by atoms with Gasteiger partial charge in [-0.2, -0.15) is 4.31 Å². The maximum Gasteiger partial charge on any atom is 0.303 e. The maximum absolute atomic E-state index is 13.2. The summed E-state index contributed by atoms with van der Waals surface area (Å²) in [6.45, 7) is 4.60. The average Bonchev–Trinajstić information content (AvgIpc) is 2.97. The number of aromatic amines is 1. The number of carbonyl (C=O) groups is 2. The van der Waals surface area contributed by atoms with E-state index in [1.165, 1.54) is 31.3 Å². The number of hydrogen-bond donors (Lipinski definition) is 3. The Morgan fingerprint density at radius 1 is 1.11 bits per heavy atom. The van der Waals surface area contributed by atoms with E-state index < -0.39 is 39.2 Å². The molecule has 5 rings (SSSR count). The van der Waals surface area contributed by atoms with E-state index in [-0.39, 0.29) is 47.0 Å². The van der Waals surface area contributed by atoms with Gasteiger partial charge in [0.2, 0.25) is 10.0 Å². The van der Waals surface area contributed by atoms with Gasteiger partial charge in [-0.05, 0) is 44.0 Å². The highest BCUT2D eigenvalue weighted by Gasteiger charge is 2.48. The van der Waals surface area contributed by atoms with Gasteiger partial charge in [0.25, 0.3) is 11.5 Å². The van der Waals surface area contributed by atoms with E-state index in [1.54, 1.807) is 25.1 Å². The zero-order valence-corrected chi connectivity index (χ0v) is 27.0. The number of H-pyrrole nitrogens is 1. The number of esters is 1. The molecule has 0 radical (unpaired) electrons. The first-order chi connectivity index (χ1) is 21.2. The number of pyridine rings is 1. The highest BCUT2D eigenvalue weighted by atomic mass is 35.5. The second-order valence-corrected chi connectivity index (χ2v) is 14.4. The Morgan fingerprint density at radius 2 is 1.82 bits per heavy atom. The number of aromatic nitrogens is 1. The summed E-state index contributed by atoms with van der Waals surface area (Å²) >= 11 is 12.0. The molecule has 242 valence electrons. The van der Waals surface area contributed by atoms with Gasteiger partial charge in [-0.15, -0.1) is 0 Å². The molecule has 15 heteroatoms. The number of nitrogens with zero attached hydrogens (tertiary/aromatic N) is 2. The number of hydrogen-bond acceptors (Lipinski definition) is 9. The van der Waals surface area contributed by atoms with Crippen LogP contribution in [0.5, 0.6) is 5.75 Å². The van der Waals surface area contributed by atoms with E-state index in [4.69, 9.17) is 32.7 Å². The van der Waals surface area contributed by atoms with Crippen molar-refractivity contribution in [1.29, 1.82) is 0 Å². The number of benzene rings is 2. The Kier molecular flexibility index (Phi) is 9.78. The summed E-state index contributed by atoms with van der Waals surface area (Å²) in [6, 6.07) is 9.12. The predicted octanol–water partition coefficient (Wildman–Crippen LogP) is 2.80. The van der Waals surface area contributed by atoms with E-state index in [1.807, 2.05) is 0 Å². The number of nitrogens with one attached hydrogen (secondary N) is 2. The molecule has 2 fully saturated rings. The van der Waals surface area contributed by atoms with Crippen molar-refractivity contribution in [1.82, 2.24) is 19.5 Å². The molecule has 3 heterocycles. The van der Waals surface area contributed by atoms with Crippen LogP contribution in [0.2, 0.25) is 10.0 Å². The van der Waals surface area contributed by atoms with Crippen LogP contribution in [-0.4, -0.2) is 96.7 Å². The molecular weight excluding hydrogens is 647 g/mol. The van der Waals surface area contributed by atoms with Crippen molar-refractivity contribution in [2.24, 2.45) is 0 Å². The summed E-state index contributed by atoms with van der Waals surface area (Å²) in [5.74, 6) is -0.379. The fourth-order valence-electron chi connectivity index (χ4n) is 5.64. The summed E-state index contributed by atoms with van der Waals surface area (Å²) in [5, 5.41) is 14.5. The number of aliphatic hydroxyl groups excluding tert-OH is 1. The molecule has 2 aliphatic heterocycles. The molecule has 0 bridgehead atoms. The van der Waals surface area contributed by atoms with Crippen molar-refractivity contribution in [2.45, 2.75) is 49.4 Å². The normalized spacial score (nSPS) is 18.2. The maximum atomic E-state index is 13.2. The van der Waals surface area contributed by atoms with Gasteiger partial charge in [0.15, 0.2) is 0 Å². The Bertz CT molecular complexity index is 1770. The molecule has 45 heavy (non-hydrogen) atoms. The predicted molar refractivity (Wildman–Crippen MR) is 168 cm³/mol. The Balaban J connectivity index is 1.16. The average molecular weight is 682 g/mol. The van der Waals surface area contributed by atoms with Crippen molar-refractivity contribution in [3.05, 3.63) is 68.6 Å². The number of amides is 1. The number of β-amino-alcohol motifs (C(OH)–C–C–N with tert-alkyl or cyclic N) is 1. The second-order valence-electron chi connectivity index (χ2n) is 11.6. The van der Waals surface area contributed by atoms with Gasteiger partial charge in [-0.25, -0.2) is 8.42 Å². The van der Waals surface area contributed by atoms with Crippen LogP contribution < -0.4 is 15.6 Å². The lowest BCUT2D eigenvalue weighted by atomic mass is 10.00. The number of aliphatic hydroxyl groups is 1. The summed E-state index contributed by atoms with van der Waals surface area (Å²) in [4.78, 5) is 41.5. The van der Waals surface area contributed by atoms with Crippen molar-refractivity contribution < 1.29 is 32.6 Å². The molecule has 0 saturated carbocycles. The molecule has 0 aliphatic carbocycles. The van der Waals surface area contributed by atoms with E-state index in [2.05, 4.69) is 15.2 Å². The molecule has 1 amide bonds. The molecule has 2 aromatic carbocycles. The molecule has 12 nitrogen and oxygen atoms in total. The van der Waals surface area contributed by atoms with Crippen LogP contribution in [0.4, 0.5) is 0 Å². The summed E-state index contributed by atoms with van der Waals surface area (Å²) in [6.07, 6.45) is 1.93. The van der Waals surface area contributed by atoms with Crippen LogP contribution in [-0.2, 0) is 19.6 Å². The van der Waals surface area contributed by atoms with E-state index in [0.717, 1.165) is 17.1 Å². The molecule has 1 aromatic heterocycles. The van der Waals surface area contributed by atoms with Crippen molar-refractivity contribution in [3.63, 3.8) is 0 Å². The summed E-state index contributed by atoms with van der Waals surface area (Å²) in [7, 11) is -3.98. The summed E-state index contributed by atoms with van der Waals surface area (Å²) in [5.41, 5.74) is -1.34. The number of halogens is 2. The van der Waals surface area contributed by atoms with E-state index >= 15 is 0 Å². The lowest BCUT2D eigenvalue weighted by molar-refractivity contribution is -0.166. The number of carbonyl (C=O) groups excluding carboxylic acids is 2. The Morgan fingerprint density at radius 3 is 2.49 bits per heavy atom. The van der Waals surface area contributed by atoms with Gasteiger partial charge in [-0.3, -0.25) is 14.4 Å². The first-order valence-corrected chi connectivity index (χ1v) is 16.6. The minimum atomic E-state index is -3.98. The van der Waals surface area contributed by atoms with Crippen molar-refractivity contribution in [2.75, 3.05) is 39.3 Å². The largest absolute Gasteiger partial charge is 0.490 e. The summed E-state index contributed by atoms with van der Waals surface area (Å²) < 4.78 is 38.7. The van der Waals surface area contributed by atoms with Crippen LogP contribution in [0.25, 0.3) is 10.8 Å². The van der Waals surface area contributed by atoms with Crippen LogP contribution >= 0.6 is 23.2 Å². The van der Waals surface area contributed by atoms with Crippen LogP contribution in [0.3, 0.4) is 0 Å². The molecule has 0 unspecified atom stereocenters. The zero-order chi connectivity index (χ0) is 32.5. The van der Waals surface area contributed by atoms with Crippen LogP contribution in [0.1, 0.15) is 37.0 Å². The van der Waals surface area contributed by atoms with Gasteiger partial charge in [-0.1, -0.05) is 29.3 Å². The van der Waals surface area contributed by atoms with E-state index in [0.29, 0.717) is 35.4 Å². The van der Waals surface area contributed by atoms with E-state index in [9.17, 15) is 27.9 Å². The Hall–Kier alpha value is -3.20. The van der Waals surface area contributed by atoms with Gasteiger partial charge >= 0.3 is 5.97 Å². The third kappa shape index (κ3) is 7.62.